The zero-order valence-electron chi connectivity index (χ0n) is 19.2. The molecule has 0 N–H and O–H groups in total. The second-order valence-electron chi connectivity index (χ2n) is 8.52. The van der Waals surface area contributed by atoms with Gasteiger partial charge in [-0.3, -0.25) is 14.2 Å². The topological polar surface area (TPSA) is 71.0 Å². The van der Waals surface area contributed by atoms with Gasteiger partial charge in [0.15, 0.2) is 0 Å². The fourth-order valence-electron chi connectivity index (χ4n) is 4.55. The predicted octanol–water partition coefficient (Wildman–Crippen LogP) is 2.73. The van der Waals surface area contributed by atoms with E-state index in [1.54, 1.807) is 10.5 Å². The Labute approximate surface area is 187 Å². The first kappa shape index (κ1) is 20.6. The summed E-state index contributed by atoms with van der Waals surface area (Å²) in [5, 5.41) is 4.69. The van der Waals surface area contributed by atoms with Crippen molar-refractivity contribution in [3.05, 3.63) is 57.9 Å². The third-order valence-electron chi connectivity index (χ3n) is 6.36. The Morgan fingerprint density at radius 2 is 1.72 bits per heavy atom. The van der Waals surface area contributed by atoms with Crippen LogP contribution in [-0.2, 0) is 6.42 Å². The van der Waals surface area contributed by atoms with Crippen LogP contribution < -0.4 is 10.5 Å². The van der Waals surface area contributed by atoms with Crippen LogP contribution in [-0.4, -0.2) is 61.6 Å². The number of aromatic nitrogens is 5. The van der Waals surface area contributed by atoms with Crippen molar-refractivity contribution >= 4 is 16.9 Å². The molecular formula is C24H29N7O. The monoisotopic (exact) mass is 431 g/mol. The number of hydrogen-bond donors (Lipinski definition) is 0. The zero-order valence-corrected chi connectivity index (χ0v) is 19.2. The molecule has 8 heteroatoms. The molecule has 0 amide bonds. The van der Waals surface area contributed by atoms with Crippen LogP contribution >= 0.6 is 0 Å². The molecule has 0 aromatic carbocycles. The van der Waals surface area contributed by atoms with E-state index in [1.165, 1.54) is 0 Å². The highest BCUT2D eigenvalue weighted by Gasteiger charge is 2.18. The highest BCUT2D eigenvalue weighted by molar-refractivity contribution is 5.67. The van der Waals surface area contributed by atoms with Crippen molar-refractivity contribution < 1.29 is 0 Å². The van der Waals surface area contributed by atoms with Crippen molar-refractivity contribution in [3.8, 4) is 11.4 Å². The average Bonchev–Trinajstić information content (AvgIpc) is 3.23. The lowest BCUT2D eigenvalue weighted by atomic mass is 10.2. The summed E-state index contributed by atoms with van der Waals surface area (Å²) in [6.45, 7) is 13.4. The second-order valence-corrected chi connectivity index (χ2v) is 8.52. The molecule has 5 rings (SSSR count). The Hall–Kier alpha value is -3.26. The normalized spacial score (nSPS) is 15.2. The number of pyridine rings is 1. The van der Waals surface area contributed by atoms with Crippen molar-refractivity contribution in [1.29, 1.82) is 0 Å². The summed E-state index contributed by atoms with van der Waals surface area (Å²) in [4.78, 5) is 27.3. The van der Waals surface area contributed by atoms with E-state index in [4.69, 9.17) is 4.98 Å². The standard InChI is InChI=1S/C24H29N7O/c1-5-19-22-12-21(27-31(22)14-17(4)25-19)20-13-23(32)30-15-18(11-16(3)24(30)26-20)29-9-7-28(6-2)8-10-29/h11-15H,5-10H2,1-4H3. The summed E-state index contributed by atoms with van der Waals surface area (Å²) in [5.74, 6) is 0. The largest absolute Gasteiger partial charge is 0.368 e. The molecule has 1 saturated heterocycles. The van der Waals surface area contributed by atoms with Crippen LogP contribution in [0.2, 0.25) is 0 Å². The van der Waals surface area contributed by atoms with Gasteiger partial charge in [-0.1, -0.05) is 13.8 Å². The Morgan fingerprint density at radius 3 is 2.44 bits per heavy atom. The Bertz CT molecular complexity index is 1360. The van der Waals surface area contributed by atoms with Crippen LogP contribution in [0.15, 0.2) is 35.4 Å². The number of likely N-dealkylation sites (N-methyl/N-ethyl adjacent to an activating group) is 1. The quantitative estimate of drug-likeness (QED) is 0.495. The Kier molecular flexibility index (Phi) is 5.17. The molecule has 1 fully saturated rings. The molecule has 0 atom stereocenters. The third-order valence-corrected chi connectivity index (χ3v) is 6.36. The lowest BCUT2D eigenvalue weighted by molar-refractivity contribution is 0.271. The summed E-state index contributed by atoms with van der Waals surface area (Å²) >= 11 is 0. The van der Waals surface area contributed by atoms with Gasteiger partial charge in [0.05, 0.1) is 34.5 Å². The van der Waals surface area contributed by atoms with Crippen LogP contribution in [0, 0.1) is 13.8 Å². The number of hydrogen-bond acceptors (Lipinski definition) is 6. The van der Waals surface area contributed by atoms with Gasteiger partial charge in [-0.25, -0.2) is 9.50 Å². The maximum Gasteiger partial charge on any atom is 0.258 e. The summed E-state index contributed by atoms with van der Waals surface area (Å²) in [6.07, 6.45) is 4.65. The zero-order chi connectivity index (χ0) is 22.4. The van der Waals surface area contributed by atoms with E-state index in [2.05, 4.69) is 39.8 Å². The molecule has 0 bridgehead atoms. The van der Waals surface area contributed by atoms with Crippen LogP contribution in [0.5, 0.6) is 0 Å². The van der Waals surface area contributed by atoms with E-state index in [9.17, 15) is 4.79 Å². The van der Waals surface area contributed by atoms with Crippen LogP contribution in [0.4, 0.5) is 5.69 Å². The lowest BCUT2D eigenvalue weighted by Crippen LogP contribution is -2.46. The van der Waals surface area contributed by atoms with Gasteiger partial charge in [-0.2, -0.15) is 5.10 Å². The van der Waals surface area contributed by atoms with E-state index in [0.29, 0.717) is 17.0 Å². The SMILES string of the molecule is CCc1nc(C)cn2nc(-c3cc(=O)n4cc(N5CCN(CC)CC5)cc(C)c4n3)cc12. The third kappa shape index (κ3) is 3.54. The highest BCUT2D eigenvalue weighted by Crippen LogP contribution is 2.23. The molecule has 0 unspecified atom stereocenters. The second kappa shape index (κ2) is 8.02. The summed E-state index contributed by atoms with van der Waals surface area (Å²) in [7, 11) is 0. The van der Waals surface area contributed by atoms with Crippen LogP contribution in [0.1, 0.15) is 30.8 Å². The minimum atomic E-state index is -0.0933. The Balaban J connectivity index is 1.56. The van der Waals surface area contributed by atoms with E-state index in [0.717, 1.165) is 67.3 Å². The van der Waals surface area contributed by atoms with Gasteiger partial charge in [-0.05, 0) is 44.5 Å². The highest BCUT2D eigenvalue weighted by atomic mass is 16.1. The van der Waals surface area contributed by atoms with Crippen molar-refractivity contribution in [1.82, 2.24) is 28.9 Å². The number of fused-ring (bicyclic) bond motifs is 2. The summed E-state index contributed by atoms with van der Waals surface area (Å²) in [5.41, 5.74) is 6.77. The maximum atomic E-state index is 13.1. The lowest BCUT2D eigenvalue weighted by Gasteiger charge is -2.35. The Morgan fingerprint density at radius 1 is 0.938 bits per heavy atom. The maximum absolute atomic E-state index is 13.1. The van der Waals surface area contributed by atoms with Crippen molar-refractivity contribution in [3.63, 3.8) is 0 Å². The molecule has 4 aromatic heterocycles. The van der Waals surface area contributed by atoms with E-state index >= 15 is 0 Å². The fraction of sp³-hybridized carbons (Fsp3) is 0.417. The molecule has 32 heavy (non-hydrogen) atoms. The summed E-state index contributed by atoms with van der Waals surface area (Å²) in [6, 6.07) is 5.69. The molecule has 8 nitrogen and oxygen atoms in total. The van der Waals surface area contributed by atoms with Gasteiger partial charge < -0.3 is 9.80 Å². The van der Waals surface area contributed by atoms with Crippen LogP contribution in [0.3, 0.4) is 0 Å². The molecule has 166 valence electrons. The fourth-order valence-corrected chi connectivity index (χ4v) is 4.55. The molecule has 4 aromatic rings. The van der Waals surface area contributed by atoms with E-state index in [1.807, 2.05) is 36.8 Å². The van der Waals surface area contributed by atoms with Gasteiger partial charge in [0, 0.05) is 38.4 Å². The van der Waals surface area contributed by atoms with Crippen molar-refractivity contribution in [2.24, 2.45) is 0 Å². The van der Waals surface area contributed by atoms with E-state index in [-0.39, 0.29) is 5.56 Å². The number of piperazine rings is 1. The van der Waals surface area contributed by atoms with Gasteiger partial charge in [0.1, 0.15) is 11.3 Å². The van der Waals surface area contributed by atoms with Gasteiger partial charge >= 0.3 is 0 Å². The molecule has 0 saturated carbocycles. The van der Waals surface area contributed by atoms with Crippen molar-refractivity contribution in [2.45, 2.75) is 34.1 Å². The molecule has 0 spiro atoms. The van der Waals surface area contributed by atoms with Crippen LogP contribution in [0.25, 0.3) is 22.6 Å². The molecule has 1 aliphatic heterocycles. The first-order chi connectivity index (χ1) is 15.5. The smallest absolute Gasteiger partial charge is 0.258 e. The predicted molar refractivity (Wildman–Crippen MR) is 127 cm³/mol. The van der Waals surface area contributed by atoms with E-state index < -0.39 is 0 Å². The molecule has 0 aliphatic carbocycles. The van der Waals surface area contributed by atoms with Gasteiger partial charge in [-0.15, -0.1) is 0 Å². The average molecular weight is 432 g/mol. The first-order valence-corrected chi connectivity index (χ1v) is 11.3. The van der Waals surface area contributed by atoms with Gasteiger partial charge in [0.2, 0.25) is 0 Å². The molecular weight excluding hydrogens is 402 g/mol. The molecule has 5 heterocycles. The molecule has 0 radical (unpaired) electrons. The first-order valence-electron chi connectivity index (χ1n) is 11.3. The number of rotatable bonds is 4. The van der Waals surface area contributed by atoms with Crippen molar-refractivity contribution in [2.75, 3.05) is 37.6 Å². The number of aryl methyl sites for hydroxylation is 3. The van der Waals surface area contributed by atoms with Gasteiger partial charge in [0.25, 0.3) is 5.56 Å². The number of anilines is 1. The number of nitrogens with zero attached hydrogens (tertiary/aromatic N) is 7. The minimum absolute atomic E-state index is 0.0933. The summed E-state index contributed by atoms with van der Waals surface area (Å²) < 4.78 is 3.51. The molecule has 1 aliphatic rings. The minimum Gasteiger partial charge on any atom is -0.368 e.